The Hall–Kier alpha value is -0.830. The molecule has 1 fully saturated rings. The van der Waals surface area contributed by atoms with E-state index >= 15 is 0 Å². The van der Waals surface area contributed by atoms with Crippen LogP contribution in [-0.2, 0) is 10.0 Å². The van der Waals surface area contributed by atoms with E-state index in [0.717, 1.165) is 10.7 Å². The molecular weight excluding hydrogens is 329 g/mol. The van der Waals surface area contributed by atoms with E-state index in [0.29, 0.717) is 18.6 Å². The molecule has 0 spiro atoms. The number of hydrogen-bond donors (Lipinski definition) is 1. The van der Waals surface area contributed by atoms with Crippen LogP contribution in [0.4, 0.5) is 13.2 Å². The van der Waals surface area contributed by atoms with Gasteiger partial charge >= 0.3 is 0 Å². The third-order valence-corrected chi connectivity index (χ3v) is 5.27. The van der Waals surface area contributed by atoms with Gasteiger partial charge < -0.3 is 5.32 Å². The van der Waals surface area contributed by atoms with Gasteiger partial charge in [0.15, 0.2) is 4.90 Å². The first-order valence-corrected chi connectivity index (χ1v) is 7.62. The SMILES string of the molecule is CNC1CCCN(S(=O)(=O)c2c(F)cc(F)cc2F)C1.Cl. The molecule has 1 saturated heterocycles. The number of piperidine rings is 1. The van der Waals surface area contributed by atoms with Crippen LogP contribution < -0.4 is 5.32 Å². The molecule has 0 radical (unpaired) electrons. The maximum Gasteiger partial charge on any atom is 0.248 e. The maximum absolute atomic E-state index is 13.6. The van der Waals surface area contributed by atoms with Crippen LogP contribution in [-0.4, -0.2) is 38.9 Å². The molecule has 120 valence electrons. The zero-order valence-corrected chi connectivity index (χ0v) is 12.9. The highest BCUT2D eigenvalue weighted by Gasteiger charge is 2.34. The van der Waals surface area contributed by atoms with Crippen molar-refractivity contribution in [1.82, 2.24) is 9.62 Å². The van der Waals surface area contributed by atoms with E-state index < -0.39 is 32.4 Å². The van der Waals surface area contributed by atoms with E-state index in [2.05, 4.69) is 5.32 Å². The summed E-state index contributed by atoms with van der Waals surface area (Å²) in [5, 5.41) is 2.94. The third kappa shape index (κ3) is 3.68. The first-order valence-electron chi connectivity index (χ1n) is 6.18. The van der Waals surface area contributed by atoms with Crippen molar-refractivity contribution in [3.05, 3.63) is 29.6 Å². The van der Waals surface area contributed by atoms with Gasteiger partial charge in [0.05, 0.1) is 0 Å². The molecule has 1 aromatic carbocycles. The van der Waals surface area contributed by atoms with Crippen molar-refractivity contribution in [3.63, 3.8) is 0 Å². The van der Waals surface area contributed by atoms with Crippen LogP contribution in [0.2, 0.25) is 0 Å². The van der Waals surface area contributed by atoms with Crippen LogP contribution in [0, 0.1) is 17.5 Å². The van der Waals surface area contributed by atoms with E-state index in [1.807, 2.05) is 0 Å². The molecular formula is C12H16ClF3N2O2S. The fraction of sp³-hybridized carbons (Fsp3) is 0.500. The van der Waals surface area contributed by atoms with Crippen molar-refractivity contribution in [3.8, 4) is 0 Å². The molecule has 0 bridgehead atoms. The van der Waals surface area contributed by atoms with Crippen molar-refractivity contribution in [2.75, 3.05) is 20.1 Å². The number of benzene rings is 1. The van der Waals surface area contributed by atoms with Gasteiger partial charge in [-0.05, 0) is 19.9 Å². The fourth-order valence-electron chi connectivity index (χ4n) is 2.30. The molecule has 0 aromatic heterocycles. The molecule has 0 amide bonds. The average Bonchev–Trinajstić information content (AvgIpc) is 2.37. The molecule has 2 rings (SSSR count). The van der Waals surface area contributed by atoms with Crippen LogP contribution in [0.5, 0.6) is 0 Å². The predicted molar refractivity (Wildman–Crippen MR) is 74.4 cm³/mol. The van der Waals surface area contributed by atoms with E-state index in [1.165, 1.54) is 0 Å². The summed E-state index contributed by atoms with van der Waals surface area (Å²) < 4.78 is 65.8. The smallest absolute Gasteiger partial charge is 0.248 e. The van der Waals surface area contributed by atoms with Crippen molar-refractivity contribution < 1.29 is 21.6 Å². The number of halogens is 4. The van der Waals surface area contributed by atoms with Crippen LogP contribution in [0.1, 0.15) is 12.8 Å². The van der Waals surface area contributed by atoms with E-state index in [-0.39, 0.29) is 31.5 Å². The zero-order valence-electron chi connectivity index (χ0n) is 11.3. The maximum atomic E-state index is 13.6. The Balaban J connectivity index is 0.00000220. The van der Waals surface area contributed by atoms with Gasteiger partial charge in [0.25, 0.3) is 0 Å². The number of rotatable bonds is 3. The lowest BCUT2D eigenvalue weighted by Crippen LogP contribution is -2.47. The zero-order chi connectivity index (χ0) is 14.9. The minimum Gasteiger partial charge on any atom is -0.316 e. The molecule has 0 saturated carbocycles. The number of sulfonamides is 1. The van der Waals surface area contributed by atoms with Gasteiger partial charge in [-0.1, -0.05) is 0 Å². The summed E-state index contributed by atoms with van der Waals surface area (Å²) in [6.45, 7) is 0.325. The fourth-order valence-corrected chi connectivity index (χ4v) is 3.92. The van der Waals surface area contributed by atoms with Crippen molar-refractivity contribution in [2.45, 2.75) is 23.8 Å². The molecule has 9 heteroatoms. The summed E-state index contributed by atoms with van der Waals surface area (Å²) in [5.41, 5.74) is 0. The molecule has 0 aliphatic carbocycles. The van der Waals surface area contributed by atoms with E-state index in [9.17, 15) is 21.6 Å². The van der Waals surface area contributed by atoms with Crippen molar-refractivity contribution in [1.29, 1.82) is 0 Å². The van der Waals surface area contributed by atoms with Crippen LogP contribution in [0.3, 0.4) is 0 Å². The molecule has 21 heavy (non-hydrogen) atoms. The van der Waals surface area contributed by atoms with Crippen LogP contribution >= 0.6 is 12.4 Å². The van der Waals surface area contributed by atoms with Gasteiger partial charge in [0, 0.05) is 31.3 Å². The Bertz CT molecular complexity index is 590. The molecule has 1 aromatic rings. The number of hydrogen-bond acceptors (Lipinski definition) is 3. The molecule has 1 aliphatic heterocycles. The highest BCUT2D eigenvalue weighted by molar-refractivity contribution is 7.89. The molecule has 1 atom stereocenters. The number of nitrogens with one attached hydrogen (secondary N) is 1. The normalized spacial score (nSPS) is 20.1. The minimum atomic E-state index is -4.31. The van der Waals surface area contributed by atoms with Gasteiger partial charge in [-0.2, -0.15) is 4.31 Å². The molecule has 1 heterocycles. The lowest BCUT2D eigenvalue weighted by Gasteiger charge is -2.31. The molecule has 1 N–H and O–H groups in total. The van der Waals surface area contributed by atoms with Gasteiger partial charge in [0.2, 0.25) is 10.0 Å². The Labute approximate surface area is 127 Å². The van der Waals surface area contributed by atoms with Crippen LogP contribution in [0.15, 0.2) is 17.0 Å². The summed E-state index contributed by atoms with van der Waals surface area (Å²) in [5.74, 6) is -3.96. The summed E-state index contributed by atoms with van der Waals surface area (Å²) in [7, 11) is -2.61. The summed E-state index contributed by atoms with van der Waals surface area (Å²) in [4.78, 5) is -1.09. The lowest BCUT2D eigenvalue weighted by molar-refractivity contribution is 0.290. The quantitative estimate of drug-likeness (QED) is 0.911. The third-order valence-electron chi connectivity index (χ3n) is 3.35. The molecule has 1 aliphatic rings. The first kappa shape index (κ1) is 18.2. The van der Waals surface area contributed by atoms with E-state index in [1.54, 1.807) is 7.05 Å². The first-order chi connectivity index (χ1) is 9.36. The molecule has 4 nitrogen and oxygen atoms in total. The lowest BCUT2D eigenvalue weighted by atomic mass is 10.1. The standard InChI is InChI=1S/C12H15F3N2O2S.ClH/c1-16-9-3-2-4-17(7-9)20(18,19)12-10(14)5-8(13)6-11(12)15;/h5-6,9,16H,2-4,7H2,1H3;1H. The Kier molecular flexibility index (Phi) is 6.03. The average molecular weight is 345 g/mol. The van der Waals surface area contributed by atoms with Crippen molar-refractivity contribution in [2.24, 2.45) is 0 Å². The number of likely N-dealkylation sites (N-methyl/N-ethyl adjacent to an activating group) is 1. The summed E-state index contributed by atoms with van der Waals surface area (Å²) in [6.07, 6.45) is 1.38. The van der Waals surface area contributed by atoms with Crippen LogP contribution in [0.25, 0.3) is 0 Å². The topological polar surface area (TPSA) is 49.4 Å². The van der Waals surface area contributed by atoms with Gasteiger partial charge in [0.1, 0.15) is 17.5 Å². The minimum absolute atomic E-state index is 0. The van der Waals surface area contributed by atoms with Crippen molar-refractivity contribution >= 4 is 22.4 Å². The largest absolute Gasteiger partial charge is 0.316 e. The molecule has 1 unspecified atom stereocenters. The van der Waals surface area contributed by atoms with E-state index in [4.69, 9.17) is 0 Å². The second kappa shape index (κ2) is 6.95. The van der Waals surface area contributed by atoms with Gasteiger partial charge in [-0.3, -0.25) is 0 Å². The predicted octanol–water partition coefficient (Wildman–Crippen LogP) is 1.90. The second-order valence-corrected chi connectivity index (χ2v) is 6.56. The summed E-state index contributed by atoms with van der Waals surface area (Å²) >= 11 is 0. The Morgan fingerprint density at radius 3 is 2.33 bits per heavy atom. The van der Waals surface area contributed by atoms with Gasteiger partial charge in [-0.25, -0.2) is 21.6 Å². The highest BCUT2D eigenvalue weighted by Crippen LogP contribution is 2.26. The Morgan fingerprint density at radius 1 is 1.24 bits per heavy atom. The Morgan fingerprint density at radius 2 is 1.81 bits per heavy atom. The monoisotopic (exact) mass is 344 g/mol. The highest BCUT2D eigenvalue weighted by atomic mass is 35.5. The summed E-state index contributed by atoms with van der Waals surface area (Å²) in [6, 6.07) is 0.676. The second-order valence-electron chi connectivity index (χ2n) is 4.69. The number of nitrogens with zero attached hydrogens (tertiary/aromatic N) is 1. The van der Waals surface area contributed by atoms with Gasteiger partial charge in [-0.15, -0.1) is 12.4 Å².